The van der Waals surface area contributed by atoms with Crippen LogP contribution in [0.2, 0.25) is 0 Å². The molecule has 4 aliphatic carbocycles. The largest absolute Gasteiger partial charge is 0.295 e. The Labute approximate surface area is 145 Å². The first kappa shape index (κ1) is 16.3. The molecule has 0 saturated heterocycles. The van der Waals surface area contributed by atoms with Gasteiger partial charge in [-0.2, -0.15) is 0 Å². The lowest BCUT2D eigenvalue weighted by Gasteiger charge is -2.59. The van der Waals surface area contributed by atoms with Gasteiger partial charge in [0.1, 0.15) is 0 Å². The summed E-state index contributed by atoms with van der Waals surface area (Å²) in [6.07, 6.45) is 10.6. The molecular weight excluding hydrogens is 296 g/mol. The minimum Gasteiger partial charge on any atom is -0.295 e. The maximum Gasteiger partial charge on any atom is 0.156 e. The SMILES string of the molecule is CC(=O)C1=CC[C@H]2[C@@H]3C[C@H](C)C4=CC(=O)CC[C@]4(C)[C@H]3CC[C@]12C. The van der Waals surface area contributed by atoms with Crippen molar-refractivity contribution >= 4 is 11.6 Å². The molecule has 0 aliphatic heterocycles. The summed E-state index contributed by atoms with van der Waals surface area (Å²) in [5, 5.41) is 0. The van der Waals surface area contributed by atoms with Gasteiger partial charge in [0.05, 0.1) is 0 Å². The molecule has 0 unspecified atom stereocenters. The van der Waals surface area contributed by atoms with E-state index in [0.717, 1.165) is 31.3 Å². The standard InChI is InChI=1S/C22H30O2/c1-13-11-16-18-6-5-17(14(2)23)21(18,3)10-8-19(16)22(4)9-7-15(24)12-20(13)22/h5,12-13,16,18-19H,6-11H2,1-4H3/t13-,16-,18-,19-,21+,22+/m0/s1. The molecule has 2 heteroatoms. The second kappa shape index (κ2) is 5.16. The van der Waals surface area contributed by atoms with Gasteiger partial charge in [-0.15, -0.1) is 0 Å². The van der Waals surface area contributed by atoms with Gasteiger partial charge in [0, 0.05) is 6.42 Å². The maximum absolute atomic E-state index is 12.1. The normalized spacial score (nSPS) is 47.2. The topological polar surface area (TPSA) is 34.1 Å². The fourth-order valence-electron chi connectivity index (χ4n) is 7.10. The zero-order chi connectivity index (χ0) is 17.3. The molecule has 0 heterocycles. The highest BCUT2D eigenvalue weighted by Crippen LogP contribution is 2.66. The zero-order valence-corrected chi connectivity index (χ0v) is 15.5. The molecule has 0 aromatic carbocycles. The number of allylic oxidation sites excluding steroid dienone is 4. The van der Waals surface area contributed by atoms with E-state index in [1.54, 1.807) is 6.92 Å². The van der Waals surface area contributed by atoms with Gasteiger partial charge in [-0.25, -0.2) is 0 Å². The molecule has 0 radical (unpaired) electrons. The van der Waals surface area contributed by atoms with Crippen molar-refractivity contribution in [1.82, 2.24) is 0 Å². The fourth-order valence-corrected chi connectivity index (χ4v) is 7.10. The number of Topliss-reactive ketones (excluding diaryl/α,β-unsaturated/α-hetero) is 1. The molecule has 130 valence electrons. The molecule has 0 bridgehead atoms. The number of ketones is 2. The third-order valence-electron chi connectivity index (χ3n) is 8.24. The highest BCUT2D eigenvalue weighted by atomic mass is 16.1. The van der Waals surface area contributed by atoms with Crippen LogP contribution in [0.25, 0.3) is 0 Å². The molecule has 0 amide bonds. The number of carbonyl (C=O) groups excluding carboxylic acids is 2. The van der Waals surface area contributed by atoms with Crippen LogP contribution >= 0.6 is 0 Å². The average Bonchev–Trinajstić information content (AvgIpc) is 2.87. The van der Waals surface area contributed by atoms with E-state index >= 15 is 0 Å². The third-order valence-corrected chi connectivity index (χ3v) is 8.24. The predicted octanol–water partition coefficient (Wildman–Crippen LogP) is 4.89. The molecule has 4 rings (SSSR count). The van der Waals surface area contributed by atoms with Crippen LogP contribution in [0.15, 0.2) is 23.3 Å². The summed E-state index contributed by atoms with van der Waals surface area (Å²) in [5.41, 5.74) is 2.83. The summed E-state index contributed by atoms with van der Waals surface area (Å²) >= 11 is 0. The highest BCUT2D eigenvalue weighted by molar-refractivity contribution is 5.95. The van der Waals surface area contributed by atoms with Crippen LogP contribution < -0.4 is 0 Å². The number of hydrogen-bond donors (Lipinski definition) is 0. The lowest BCUT2D eigenvalue weighted by molar-refractivity contribution is -0.119. The third kappa shape index (κ3) is 2.01. The Kier molecular flexibility index (Phi) is 3.50. The van der Waals surface area contributed by atoms with Crippen molar-refractivity contribution in [2.24, 2.45) is 34.5 Å². The Morgan fingerprint density at radius 3 is 2.62 bits per heavy atom. The summed E-state index contributed by atoms with van der Waals surface area (Å²) < 4.78 is 0. The van der Waals surface area contributed by atoms with Crippen LogP contribution in [0, 0.1) is 34.5 Å². The molecule has 6 atom stereocenters. The lowest BCUT2D eigenvalue weighted by atomic mass is 9.45. The van der Waals surface area contributed by atoms with E-state index in [-0.39, 0.29) is 16.6 Å². The highest BCUT2D eigenvalue weighted by Gasteiger charge is 2.58. The summed E-state index contributed by atoms with van der Waals surface area (Å²) in [7, 11) is 0. The van der Waals surface area contributed by atoms with E-state index in [1.165, 1.54) is 18.4 Å². The van der Waals surface area contributed by atoms with Crippen LogP contribution in [0.4, 0.5) is 0 Å². The molecule has 0 aromatic heterocycles. The Morgan fingerprint density at radius 1 is 1.17 bits per heavy atom. The Morgan fingerprint density at radius 2 is 1.92 bits per heavy atom. The number of hydrogen-bond acceptors (Lipinski definition) is 2. The number of carbonyl (C=O) groups is 2. The Hall–Kier alpha value is -1.18. The van der Waals surface area contributed by atoms with E-state index in [9.17, 15) is 9.59 Å². The minimum atomic E-state index is 0.0920. The Bertz CT molecular complexity index is 669. The summed E-state index contributed by atoms with van der Waals surface area (Å²) in [6, 6.07) is 0. The second-order valence-electron chi connectivity index (χ2n) is 9.36. The van der Waals surface area contributed by atoms with Crippen molar-refractivity contribution in [3.8, 4) is 0 Å². The lowest BCUT2D eigenvalue weighted by Crippen LogP contribution is -2.52. The van der Waals surface area contributed by atoms with E-state index in [1.807, 2.05) is 6.08 Å². The van der Waals surface area contributed by atoms with Crippen LogP contribution in [-0.2, 0) is 9.59 Å². The van der Waals surface area contributed by atoms with Crippen molar-refractivity contribution in [1.29, 1.82) is 0 Å². The first-order chi connectivity index (χ1) is 11.3. The molecule has 2 nitrogen and oxygen atoms in total. The fraction of sp³-hybridized carbons (Fsp3) is 0.727. The molecule has 2 saturated carbocycles. The van der Waals surface area contributed by atoms with Crippen molar-refractivity contribution in [2.45, 2.75) is 66.2 Å². The van der Waals surface area contributed by atoms with E-state index in [4.69, 9.17) is 0 Å². The molecule has 4 aliphatic rings. The summed E-state index contributed by atoms with van der Waals surface area (Å²) in [6.45, 7) is 8.83. The monoisotopic (exact) mass is 326 g/mol. The van der Waals surface area contributed by atoms with Crippen molar-refractivity contribution in [3.63, 3.8) is 0 Å². The van der Waals surface area contributed by atoms with Gasteiger partial charge in [0.15, 0.2) is 11.6 Å². The smallest absolute Gasteiger partial charge is 0.156 e. The predicted molar refractivity (Wildman–Crippen MR) is 95.4 cm³/mol. The van der Waals surface area contributed by atoms with Gasteiger partial charge in [-0.05, 0) is 85.2 Å². The van der Waals surface area contributed by atoms with Crippen molar-refractivity contribution in [3.05, 3.63) is 23.3 Å². The second-order valence-corrected chi connectivity index (χ2v) is 9.36. The molecule has 0 spiro atoms. The summed E-state index contributed by atoms with van der Waals surface area (Å²) in [5.74, 6) is 3.11. The minimum absolute atomic E-state index is 0.0920. The molecule has 0 aromatic rings. The van der Waals surface area contributed by atoms with Crippen LogP contribution in [-0.4, -0.2) is 11.6 Å². The van der Waals surface area contributed by atoms with Crippen LogP contribution in [0.5, 0.6) is 0 Å². The van der Waals surface area contributed by atoms with Gasteiger partial charge >= 0.3 is 0 Å². The van der Waals surface area contributed by atoms with Gasteiger partial charge in [-0.1, -0.05) is 32.4 Å². The molecule has 24 heavy (non-hydrogen) atoms. The molecular formula is C22H30O2. The molecule has 2 fully saturated rings. The van der Waals surface area contributed by atoms with E-state index in [0.29, 0.717) is 29.5 Å². The first-order valence-electron chi connectivity index (χ1n) is 9.74. The quantitative estimate of drug-likeness (QED) is 0.687. The van der Waals surface area contributed by atoms with Gasteiger partial charge < -0.3 is 0 Å². The van der Waals surface area contributed by atoms with Crippen molar-refractivity contribution in [2.75, 3.05) is 0 Å². The maximum atomic E-state index is 12.1. The van der Waals surface area contributed by atoms with E-state index in [2.05, 4.69) is 26.8 Å². The average molecular weight is 326 g/mol. The molecule has 0 N–H and O–H groups in total. The van der Waals surface area contributed by atoms with Gasteiger partial charge in [-0.3, -0.25) is 9.59 Å². The van der Waals surface area contributed by atoms with Crippen molar-refractivity contribution < 1.29 is 9.59 Å². The van der Waals surface area contributed by atoms with Gasteiger partial charge in [0.25, 0.3) is 0 Å². The Balaban J connectivity index is 1.72. The first-order valence-corrected chi connectivity index (χ1v) is 9.74. The van der Waals surface area contributed by atoms with Gasteiger partial charge in [0.2, 0.25) is 0 Å². The number of fused-ring (bicyclic) bond motifs is 5. The van der Waals surface area contributed by atoms with E-state index < -0.39 is 0 Å². The van der Waals surface area contributed by atoms with Crippen LogP contribution in [0.3, 0.4) is 0 Å². The van der Waals surface area contributed by atoms with Crippen LogP contribution in [0.1, 0.15) is 66.2 Å². The zero-order valence-electron chi connectivity index (χ0n) is 15.5. The summed E-state index contributed by atoms with van der Waals surface area (Å²) in [4.78, 5) is 24.1. The number of rotatable bonds is 1.